The van der Waals surface area contributed by atoms with E-state index < -0.39 is 0 Å². The van der Waals surface area contributed by atoms with Gasteiger partial charge in [-0.3, -0.25) is 0 Å². The van der Waals surface area contributed by atoms with E-state index >= 15 is 0 Å². The van der Waals surface area contributed by atoms with Crippen LogP contribution >= 0.6 is 11.6 Å². The van der Waals surface area contributed by atoms with E-state index in [-0.39, 0.29) is 0 Å². The second-order valence-electron chi connectivity index (χ2n) is 3.68. The molecule has 1 aliphatic heterocycles. The molecule has 0 aliphatic carbocycles. The van der Waals surface area contributed by atoms with E-state index in [1.807, 2.05) is 12.1 Å². The van der Waals surface area contributed by atoms with E-state index in [9.17, 15) is 0 Å². The molecule has 2 rings (SSSR count). The molecule has 0 spiro atoms. The summed E-state index contributed by atoms with van der Waals surface area (Å²) >= 11 is 5.66. The average Bonchev–Trinajstić information content (AvgIpc) is 2.80. The predicted molar refractivity (Wildman–Crippen MR) is 58.2 cm³/mol. The van der Waals surface area contributed by atoms with Gasteiger partial charge in [0, 0.05) is 30.7 Å². The van der Waals surface area contributed by atoms with Gasteiger partial charge in [-0.15, -0.1) is 11.6 Å². The Labute approximate surface area is 94.4 Å². The lowest BCUT2D eigenvalue weighted by molar-refractivity contribution is 0.165. The largest absolute Gasteiger partial charge is 0.477 e. The zero-order chi connectivity index (χ0) is 10.5. The van der Waals surface area contributed by atoms with Gasteiger partial charge in [0.05, 0.1) is 13.2 Å². The van der Waals surface area contributed by atoms with E-state index in [1.54, 1.807) is 6.20 Å². The Morgan fingerprint density at radius 1 is 1.53 bits per heavy atom. The van der Waals surface area contributed by atoms with Crippen molar-refractivity contribution < 1.29 is 9.47 Å². The van der Waals surface area contributed by atoms with Crippen molar-refractivity contribution in [1.82, 2.24) is 4.98 Å². The fourth-order valence-corrected chi connectivity index (χ4v) is 1.65. The van der Waals surface area contributed by atoms with Crippen molar-refractivity contribution in [2.24, 2.45) is 5.92 Å². The lowest BCUT2D eigenvalue weighted by Gasteiger charge is -2.09. The van der Waals surface area contributed by atoms with Crippen LogP contribution < -0.4 is 4.74 Å². The van der Waals surface area contributed by atoms with Crippen LogP contribution in [0.15, 0.2) is 18.3 Å². The number of nitrogens with zero attached hydrogens (tertiary/aromatic N) is 1. The number of rotatable bonds is 4. The van der Waals surface area contributed by atoms with Gasteiger partial charge < -0.3 is 9.47 Å². The Morgan fingerprint density at radius 2 is 2.47 bits per heavy atom. The lowest BCUT2D eigenvalue weighted by Crippen LogP contribution is -2.12. The maximum absolute atomic E-state index is 5.66. The summed E-state index contributed by atoms with van der Waals surface area (Å²) in [6, 6.07) is 3.79. The highest BCUT2D eigenvalue weighted by Gasteiger charge is 2.16. The average molecular weight is 228 g/mol. The zero-order valence-corrected chi connectivity index (χ0v) is 9.24. The number of alkyl halides is 1. The molecule has 0 N–H and O–H groups in total. The van der Waals surface area contributed by atoms with Gasteiger partial charge in [-0.2, -0.15) is 0 Å². The van der Waals surface area contributed by atoms with E-state index in [4.69, 9.17) is 21.1 Å². The molecule has 0 aromatic carbocycles. The first kappa shape index (κ1) is 10.7. The number of ether oxygens (including phenoxy) is 2. The van der Waals surface area contributed by atoms with Gasteiger partial charge in [0.2, 0.25) is 5.88 Å². The second kappa shape index (κ2) is 5.33. The monoisotopic (exact) mass is 227 g/mol. The maximum atomic E-state index is 5.66. The fourth-order valence-electron chi connectivity index (χ4n) is 1.49. The van der Waals surface area contributed by atoms with Crippen molar-refractivity contribution in [3.8, 4) is 5.88 Å². The first-order valence-corrected chi connectivity index (χ1v) is 5.63. The van der Waals surface area contributed by atoms with Crippen LogP contribution in [-0.2, 0) is 10.6 Å². The maximum Gasteiger partial charge on any atom is 0.213 e. The molecule has 82 valence electrons. The molecule has 1 unspecified atom stereocenters. The van der Waals surface area contributed by atoms with Crippen LogP contribution in [0.1, 0.15) is 12.0 Å². The smallest absolute Gasteiger partial charge is 0.213 e. The van der Waals surface area contributed by atoms with Gasteiger partial charge >= 0.3 is 0 Å². The van der Waals surface area contributed by atoms with Crippen LogP contribution in [0.5, 0.6) is 5.88 Å². The van der Waals surface area contributed by atoms with Gasteiger partial charge in [-0.05, 0) is 12.0 Å². The summed E-state index contributed by atoms with van der Waals surface area (Å²) in [5.74, 6) is 1.67. The van der Waals surface area contributed by atoms with Gasteiger partial charge in [0.1, 0.15) is 0 Å². The Hall–Kier alpha value is -0.800. The van der Waals surface area contributed by atoms with Crippen molar-refractivity contribution in [2.75, 3.05) is 19.8 Å². The SMILES string of the molecule is ClCc1ccc(OCC2CCOC2)nc1. The molecule has 1 fully saturated rings. The van der Waals surface area contributed by atoms with Crippen LogP contribution in [0.4, 0.5) is 0 Å². The Balaban J connectivity index is 1.82. The van der Waals surface area contributed by atoms with Crippen molar-refractivity contribution in [2.45, 2.75) is 12.3 Å². The van der Waals surface area contributed by atoms with E-state index in [0.29, 0.717) is 24.3 Å². The van der Waals surface area contributed by atoms with Crippen molar-refractivity contribution >= 4 is 11.6 Å². The van der Waals surface area contributed by atoms with E-state index in [2.05, 4.69) is 4.98 Å². The van der Waals surface area contributed by atoms with E-state index in [1.165, 1.54) is 0 Å². The molecule has 2 heterocycles. The van der Waals surface area contributed by atoms with Gasteiger partial charge in [-0.25, -0.2) is 4.98 Å². The molecule has 0 bridgehead atoms. The molecule has 0 amide bonds. The van der Waals surface area contributed by atoms with Gasteiger partial charge in [0.15, 0.2) is 0 Å². The van der Waals surface area contributed by atoms with Crippen molar-refractivity contribution in [3.05, 3.63) is 23.9 Å². The molecule has 1 aliphatic rings. The number of hydrogen-bond donors (Lipinski definition) is 0. The quantitative estimate of drug-likeness (QED) is 0.740. The molecule has 1 atom stereocenters. The number of hydrogen-bond acceptors (Lipinski definition) is 3. The summed E-state index contributed by atoms with van der Waals surface area (Å²) in [6.07, 6.45) is 2.83. The minimum Gasteiger partial charge on any atom is -0.477 e. The Kier molecular flexibility index (Phi) is 3.80. The first-order chi connectivity index (χ1) is 7.38. The summed E-state index contributed by atoms with van der Waals surface area (Å²) < 4.78 is 10.8. The normalized spacial score (nSPS) is 20.5. The van der Waals surface area contributed by atoms with Crippen LogP contribution in [0, 0.1) is 5.92 Å². The third-order valence-electron chi connectivity index (χ3n) is 2.44. The highest BCUT2D eigenvalue weighted by atomic mass is 35.5. The Bertz CT molecular complexity index is 296. The van der Waals surface area contributed by atoms with Gasteiger partial charge in [-0.1, -0.05) is 6.07 Å². The van der Waals surface area contributed by atoms with Crippen LogP contribution in [0.2, 0.25) is 0 Å². The van der Waals surface area contributed by atoms with Crippen LogP contribution in [0.25, 0.3) is 0 Å². The molecule has 1 aromatic heterocycles. The molecule has 0 radical (unpaired) electrons. The first-order valence-electron chi connectivity index (χ1n) is 5.10. The summed E-state index contributed by atoms with van der Waals surface area (Å²) in [5, 5.41) is 0. The van der Waals surface area contributed by atoms with Crippen LogP contribution in [0.3, 0.4) is 0 Å². The topological polar surface area (TPSA) is 31.4 Å². The zero-order valence-electron chi connectivity index (χ0n) is 8.49. The third kappa shape index (κ3) is 3.08. The predicted octanol–water partition coefficient (Wildman–Crippen LogP) is 2.24. The summed E-state index contributed by atoms with van der Waals surface area (Å²) in [6.45, 7) is 2.35. The summed E-state index contributed by atoms with van der Waals surface area (Å²) in [4.78, 5) is 4.16. The molecule has 3 nitrogen and oxygen atoms in total. The van der Waals surface area contributed by atoms with Crippen molar-refractivity contribution in [1.29, 1.82) is 0 Å². The molecule has 4 heteroatoms. The highest BCUT2D eigenvalue weighted by molar-refractivity contribution is 6.17. The molecule has 15 heavy (non-hydrogen) atoms. The summed E-state index contributed by atoms with van der Waals surface area (Å²) in [7, 11) is 0. The standard InChI is InChI=1S/C11H14ClNO2/c12-5-9-1-2-11(13-6-9)15-8-10-3-4-14-7-10/h1-2,6,10H,3-5,7-8H2. The van der Waals surface area contributed by atoms with E-state index in [0.717, 1.165) is 25.2 Å². The minimum atomic E-state index is 0.490. The molecular weight excluding hydrogens is 214 g/mol. The number of pyridine rings is 1. The number of aromatic nitrogens is 1. The molecule has 1 aromatic rings. The Morgan fingerprint density at radius 3 is 3.07 bits per heavy atom. The lowest BCUT2D eigenvalue weighted by atomic mass is 10.1. The highest BCUT2D eigenvalue weighted by Crippen LogP contribution is 2.15. The van der Waals surface area contributed by atoms with Gasteiger partial charge in [0.25, 0.3) is 0 Å². The second-order valence-corrected chi connectivity index (χ2v) is 3.95. The molecule has 0 saturated carbocycles. The number of halogens is 1. The fraction of sp³-hybridized carbons (Fsp3) is 0.545. The molecular formula is C11H14ClNO2. The minimum absolute atomic E-state index is 0.490. The third-order valence-corrected chi connectivity index (χ3v) is 2.75. The van der Waals surface area contributed by atoms with Crippen molar-refractivity contribution in [3.63, 3.8) is 0 Å². The summed E-state index contributed by atoms with van der Waals surface area (Å²) in [5.41, 5.74) is 1.01. The molecule has 1 saturated heterocycles. The van der Waals surface area contributed by atoms with Crippen LogP contribution in [-0.4, -0.2) is 24.8 Å².